The maximum absolute atomic E-state index is 12.1. The molecule has 2 heterocycles. The average Bonchev–Trinajstić information content (AvgIpc) is 2.84. The van der Waals surface area contributed by atoms with Crippen molar-refractivity contribution in [3.8, 4) is 0 Å². The topological polar surface area (TPSA) is 58.2 Å². The lowest BCUT2D eigenvalue weighted by Gasteiger charge is -2.29. The quantitative estimate of drug-likeness (QED) is 0.821. The number of carbonyl (C=O) groups is 2. The summed E-state index contributed by atoms with van der Waals surface area (Å²) in [7, 11) is 0. The maximum atomic E-state index is 12.1. The SMILES string of the molecule is Cc1ccc(C(=O)CCC(=O)NC2CC3CCC(C2)N3)cc1. The molecule has 118 valence electrons. The first kappa shape index (κ1) is 15.2. The predicted molar refractivity (Wildman–Crippen MR) is 85.9 cm³/mol. The van der Waals surface area contributed by atoms with Crippen LogP contribution in [0.15, 0.2) is 24.3 Å². The summed E-state index contributed by atoms with van der Waals surface area (Å²) in [5, 5.41) is 6.67. The highest BCUT2D eigenvalue weighted by Crippen LogP contribution is 2.26. The minimum atomic E-state index is 0.00626. The molecule has 0 aliphatic carbocycles. The van der Waals surface area contributed by atoms with Crippen LogP contribution < -0.4 is 10.6 Å². The van der Waals surface area contributed by atoms with Crippen molar-refractivity contribution in [3.05, 3.63) is 35.4 Å². The average molecular weight is 300 g/mol. The monoisotopic (exact) mass is 300 g/mol. The van der Waals surface area contributed by atoms with Crippen LogP contribution in [0.4, 0.5) is 0 Å². The molecule has 2 fully saturated rings. The number of rotatable bonds is 5. The Kier molecular flexibility index (Phi) is 4.57. The van der Waals surface area contributed by atoms with Gasteiger partial charge in [-0.25, -0.2) is 0 Å². The van der Waals surface area contributed by atoms with Crippen molar-refractivity contribution in [1.29, 1.82) is 0 Å². The van der Waals surface area contributed by atoms with Gasteiger partial charge >= 0.3 is 0 Å². The van der Waals surface area contributed by atoms with Gasteiger partial charge in [-0.1, -0.05) is 29.8 Å². The van der Waals surface area contributed by atoms with Crippen LogP contribution in [0.25, 0.3) is 0 Å². The summed E-state index contributed by atoms with van der Waals surface area (Å²) >= 11 is 0. The number of ketones is 1. The third-order valence-corrected chi connectivity index (χ3v) is 4.79. The van der Waals surface area contributed by atoms with Gasteiger partial charge in [0, 0.05) is 36.5 Å². The van der Waals surface area contributed by atoms with Crippen LogP contribution in [0.5, 0.6) is 0 Å². The van der Waals surface area contributed by atoms with Crippen molar-refractivity contribution >= 4 is 11.7 Å². The number of nitrogens with one attached hydrogen (secondary N) is 2. The first-order valence-corrected chi connectivity index (χ1v) is 8.25. The third kappa shape index (κ3) is 3.74. The third-order valence-electron chi connectivity index (χ3n) is 4.79. The van der Waals surface area contributed by atoms with Crippen molar-refractivity contribution < 1.29 is 9.59 Å². The number of benzene rings is 1. The van der Waals surface area contributed by atoms with Crippen molar-refractivity contribution in [2.24, 2.45) is 0 Å². The molecule has 2 N–H and O–H groups in total. The minimum absolute atomic E-state index is 0.00626. The highest BCUT2D eigenvalue weighted by Gasteiger charge is 2.33. The second-order valence-electron chi connectivity index (χ2n) is 6.66. The lowest BCUT2D eigenvalue weighted by molar-refractivity contribution is -0.122. The van der Waals surface area contributed by atoms with E-state index in [1.54, 1.807) is 0 Å². The molecule has 4 heteroatoms. The molecule has 1 aromatic carbocycles. The molecular weight excluding hydrogens is 276 g/mol. The Labute approximate surface area is 131 Å². The Morgan fingerprint density at radius 2 is 1.73 bits per heavy atom. The summed E-state index contributed by atoms with van der Waals surface area (Å²) in [5.74, 6) is 0.0484. The fraction of sp³-hybridized carbons (Fsp3) is 0.556. The molecule has 0 spiro atoms. The summed E-state index contributed by atoms with van der Waals surface area (Å²) in [5.41, 5.74) is 1.83. The van der Waals surface area contributed by atoms with Gasteiger partial charge in [0.15, 0.2) is 5.78 Å². The molecule has 0 aromatic heterocycles. The molecular formula is C18H24N2O2. The fourth-order valence-electron chi connectivity index (χ4n) is 3.59. The molecule has 0 saturated carbocycles. The highest BCUT2D eigenvalue weighted by molar-refractivity contribution is 5.97. The van der Waals surface area contributed by atoms with Crippen LogP contribution in [0.3, 0.4) is 0 Å². The number of hydrogen-bond acceptors (Lipinski definition) is 3. The number of Topliss-reactive ketones (excluding diaryl/α,β-unsaturated/α-hetero) is 1. The van der Waals surface area contributed by atoms with E-state index < -0.39 is 0 Å². The van der Waals surface area contributed by atoms with Crippen LogP contribution in [0, 0.1) is 6.92 Å². The number of hydrogen-bond donors (Lipinski definition) is 2. The Hall–Kier alpha value is -1.68. The largest absolute Gasteiger partial charge is 0.353 e. The van der Waals surface area contributed by atoms with Crippen molar-refractivity contribution in [1.82, 2.24) is 10.6 Å². The van der Waals surface area contributed by atoms with Crippen LogP contribution in [0.2, 0.25) is 0 Å². The van der Waals surface area contributed by atoms with Crippen molar-refractivity contribution in [2.45, 2.75) is 63.6 Å². The molecule has 0 radical (unpaired) electrons. The van der Waals surface area contributed by atoms with Gasteiger partial charge in [-0.15, -0.1) is 0 Å². The van der Waals surface area contributed by atoms with Crippen LogP contribution >= 0.6 is 0 Å². The lowest BCUT2D eigenvalue weighted by Crippen LogP contribution is -2.48. The number of carbonyl (C=O) groups excluding carboxylic acids is 2. The summed E-state index contributed by atoms with van der Waals surface area (Å²) in [6, 6.07) is 8.94. The molecule has 2 aliphatic heterocycles. The summed E-state index contributed by atoms with van der Waals surface area (Å²) in [6.45, 7) is 1.99. The smallest absolute Gasteiger partial charge is 0.220 e. The Morgan fingerprint density at radius 3 is 2.36 bits per heavy atom. The standard InChI is InChI=1S/C18H24N2O2/c1-12-2-4-13(5-3-12)17(21)8-9-18(22)20-16-10-14-6-7-15(11-16)19-14/h2-5,14-16,19H,6-11H2,1H3,(H,20,22). The second-order valence-corrected chi connectivity index (χ2v) is 6.66. The molecule has 4 nitrogen and oxygen atoms in total. The second kappa shape index (κ2) is 6.61. The van der Waals surface area contributed by atoms with Gasteiger partial charge < -0.3 is 10.6 Å². The summed E-state index contributed by atoms with van der Waals surface area (Å²) < 4.78 is 0. The highest BCUT2D eigenvalue weighted by atomic mass is 16.2. The number of aryl methyl sites for hydroxylation is 1. The number of piperidine rings is 1. The predicted octanol–water partition coefficient (Wildman–Crippen LogP) is 2.36. The van der Waals surface area contributed by atoms with E-state index in [1.807, 2.05) is 31.2 Å². The molecule has 2 aliphatic rings. The molecule has 22 heavy (non-hydrogen) atoms. The minimum Gasteiger partial charge on any atom is -0.353 e. The molecule has 2 bridgehead atoms. The van der Waals surface area contributed by atoms with Crippen molar-refractivity contribution in [3.63, 3.8) is 0 Å². The first-order chi connectivity index (χ1) is 10.6. The Bertz CT molecular complexity index is 541. The maximum Gasteiger partial charge on any atom is 0.220 e. The number of fused-ring (bicyclic) bond motifs is 2. The zero-order valence-electron chi connectivity index (χ0n) is 13.1. The Morgan fingerprint density at radius 1 is 1.09 bits per heavy atom. The van der Waals surface area contributed by atoms with E-state index in [0.29, 0.717) is 17.6 Å². The normalized spacial score (nSPS) is 26.7. The van der Waals surface area contributed by atoms with Crippen LogP contribution in [-0.2, 0) is 4.79 Å². The Balaban J connectivity index is 1.44. The van der Waals surface area contributed by atoms with E-state index in [9.17, 15) is 9.59 Å². The molecule has 3 rings (SSSR count). The van der Waals surface area contributed by atoms with Crippen LogP contribution in [-0.4, -0.2) is 29.8 Å². The molecule has 1 aromatic rings. The summed E-state index contributed by atoms with van der Waals surface area (Å²) in [4.78, 5) is 24.1. The van der Waals surface area contributed by atoms with Gasteiger partial charge in [0.05, 0.1) is 0 Å². The van der Waals surface area contributed by atoms with Gasteiger partial charge in [-0.05, 0) is 32.6 Å². The van der Waals surface area contributed by atoms with Gasteiger partial charge in [-0.3, -0.25) is 9.59 Å². The van der Waals surface area contributed by atoms with E-state index in [0.717, 1.165) is 18.4 Å². The molecule has 2 saturated heterocycles. The fourth-order valence-corrected chi connectivity index (χ4v) is 3.59. The van der Waals surface area contributed by atoms with E-state index in [2.05, 4.69) is 10.6 Å². The van der Waals surface area contributed by atoms with Crippen LogP contribution in [0.1, 0.15) is 54.4 Å². The van der Waals surface area contributed by atoms with Gasteiger partial charge in [0.2, 0.25) is 5.91 Å². The van der Waals surface area contributed by atoms with E-state index in [4.69, 9.17) is 0 Å². The van der Waals surface area contributed by atoms with Gasteiger partial charge in [-0.2, -0.15) is 0 Å². The van der Waals surface area contributed by atoms with E-state index in [-0.39, 0.29) is 30.6 Å². The zero-order valence-corrected chi connectivity index (χ0v) is 13.1. The van der Waals surface area contributed by atoms with Crippen molar-refractivity contribution in [2.75, 3.05) is 0 Å². The van der Waals surface area contributed by atoms with Gasteiger partial charge in [0.1, 0.15) is 0 Å². The molecule has 2 unspecified atom stereocenters. The molecule has 2 atom stereocenters. The first-order valence-electron chi connectivity index (χ1n) is 8.25. The van der Waals surface area contributed by atoms with E-state index >= 15 is 0 Å². The summed E-state index contributed by atoms with van der Waals surface area (Å²) in [6.07, 6.45) is 5.06. The number of amides is 1. The molecule has 1 amide bonds. The zero-order chi connectivity index (χ0) is 15.5. The van der Waals surface area contributed by atoms with Gasteiger partial charge in [0.25, 0.3) is 0 Å². The van der Waals surface area contributed by atoms with E-state index in [1.165, 1.54) is 12.8 Å². The lowest BCUT2D eigenvalue weighted by atomic mass is 9.99.